The largest absolute Gasteiger partial charge is 0.268 e. The lowest BCUT2D eigenvalue weighted by Crippen LogP contribution is -2.00. The molecule has 11 heavy (non-hydrogen) atoms. The van der Waals surface area contributed by atoms with E-state index in [1.54, 1.807) is 11.8 Å². The number of halogens is 1. The van der Waals surface area contributed by atoms with Crippen LogP contribution in [0.4, 0.5) is 0 Å². The Morgan fingerprint density at radius 2 is 2.27 bits per heavy atom. The summed E-state index contributed by atoms with van der Waals surface area (Å²) in [5.41, 5.74) is 0. The lowest BCUT2D eigenvalue weighted by atomic mass is 10.4. The van der Waals surface area contributed by atoms with E-state index in [1.165, 1.54) is 0 Å². The molecule has 0 aliphatic carbocycles. The molecule has 1 aromatic rings. The van der Waals surface area contributed by atoms with Gasteiger partial charge in [-0.25, -0.2) is 0 Å². The number of aromatic nitrogens is 2. The first-order chi connectivity index (χ1) is 5.15. The quantitative estimate of drug-likeness (QED) is 0.733. The van der Waals surface area contributed by atoms with Crippen LogP contribution in [-0.4, -0.2) is 16.0 Å². The molecule has 0 atom stereocenters. The van der Waals surface area contributed by atoms with E-state index in [4.69, 9.17) is 0 Å². The third-order valence-electron chi connectivity index (χ3n) is 1.38. The fourth-order valence-corrected chi connectivity index (χ4v) is 1.95. The highest BCUT2D eigenvalue weighted by Crippen LogP contribution is 2.24. The molecule has 0 bridgehead atoms. The van der Waals surface area contributed by atoms with Gasteiger partial charge in [0.05, 0.1) is 4.47 Å². The van der Waals surface area contributed by atoms with E-state index in [0.29, 0.717) is 6.04 Å². The van der Waals surface area contributed by atoms with Crippen LogP contribution in [-0.2, 0) is 0 Å². The van der Waals surface area contributed by atoms with Crippen LogP contribution in [0.3, 0.4) is 0 Å². The van der Waals surface area contributed by atoms with E-state index in [2.05, 4.69) is 34.9 Å². The molecule has 0 fully saturated rings. The summed E-state index contributed by atoms with van der Waals surface area (Å²) < 4.78 is 3.04. The Bertz CT molecular complexity index is 245. The molecule has 0 saturated heterocycles. The van der Waals surface area contributed by atoms with Crippen LogP contribution in [0.1, 0.15) is 19.9 Å². The summed E-state index contributed by atoms with van der Waals surface area (Å²) in [6, 6.07) is 0.437. The second-order valence-corrected chi connectivity index (χ2v) is 4.21. The molecule has 0 aromatic carbocycles. The summed E-state index contributed by atoms with van der Waals surface area (Å²) in [6.07, 6.45) is 4.04. The van der Waals surface area contributed by atoms with E-state index >= 15 is 0 Å². The van der Waals surface area contributed by atoms with Gasteiger partial charge in [-0.05, 0) is 36.0 Å². The molecule has 1 aromatic heterocycles. The normalized spacial score (nSPS) is 11.0. The van der Waals surface area contributed by atoms with Crippen molar-refractivity contribution in [3.05, 3.63) is 10.7 Å². The fourth-order valence-electron chi connectivity index (χ4n) is 0.756. The fraction of sp³-hybridized carbons (Fsp3) is 0.571. The SMILES string of the molecule is CSc1nn(C(C)C)cc1Br. The predicted molar refractivity (Wildman–Crippen MR) is 52.1 cm³/mol. The Kier molecular flexibility index (Phi) is 3.01. The number of nitrogens with zero attached hydrogens (tertiary/aromatic N) is 2. The van der Waals surface area contributed by atoms with Crippen LogP contribution >= 0.6 is 27.7 Å². The molecular formula is C7H11BrN2S. The summed E-state index contributed by atoms with van der Waals surface area (Å²) in [6.45, 7) is 4.23. The zero-order chi connectivity index (χ0) is 8.43. The van der Waals surface area contributed by atoms with Gasteiger partial charge >= 0.3 is 0 Å². The van der Waals surface area contributed by atoms with Crippen molar-refractivity contribution in [2.24, 2.45) is 0 Å². The molecular weight excluding hydrogens is 224 g/mol. The number of hydrogen-bond donors (Lipinski definition) is 0. The van der Waals surface area contributed by atoms with E-state index in [1.807, 2.05) is 17.1 Å². The first-order valence-corrected chi connectivity index (χ1v) is 5.45. The minimum atomic E-state index is 0.437. The molecule has 0 N–H and O–H groups in total. The maximum absolute atomic E-state index is 4.36. The van der Waals surface area contributed by atoms with Gasteiger partial charge in [0.2, 0.25) is 0 Å². The molecule has 0 saturated carbocycles. The highest BCUT2D eigenvalue weighted by molar-refractivity contribution is 9.10. The van der Waals surface area contributed by atoms with Gasteiger partial charge in [0.1, 0.15) is 5.03 Å². The molecule has 0 unspecified atom stereocenters. The van der Waals surface area contributed by atoms with Crippen LogP contribution in [0.25, 0.3) is 0 Å². The summed E-state index contributed by atoms with van der Waals surface area (Å²) in [4.78, 5) is 0. The van der Waals surface area contributed by atoms with Crippen molar-refractivity contribution in [3.8, 4) is 0 Å². The summed E-state index contributed by atoms with van der Waals surface area (Å²) >= 11 is 5.10. The zero-order valence-corrected chi connectivity index (χ0v) is 9.24. The van der Waals surface area contributed by atoms with Crippen LogP contribution in [0.5, 0.6) is 0 Å². The van der Waals surface area contributed by atoms with Crippen LogP contribution < -0.4 is 0 Å². The Morgan fingerprint density at radius 3 is 2.55 bits per heavy atom. The van der Waals surface area contributed by atoms with Crippen LogP contribution in [0.15, 0.2) is 15.7 Å². The van der Waals surface area contributed by atoms with Crippen molar-refractivity contribution in [3.63, 3.8) is 0 Å². The summed E-state index contributed by atoms with van der Waals surface area (Å²) in [5, 5.41) is 5.41. The number of hydrogen-bond acceptors (Lipinski definition) is 2. The van der Waals surface area contributed by atoms with Crippen molar-refractivity contribution >= 4 is 27.7 Å². The van der Waals surface area contributed by atoms with Gasteiger partial charge in [0, 0.05) is 12.2 Å². The molecule has 2 nitrogen and oxygen atoms in total. The molecule has 0 spiro atoms. The Hall–Kier alpha value is 0.0400. The minimum Gasteiger partial charge on any atom is -0.268 e. The maximum Gasteiger partial charge on any atom is 0.132 e. The van der Waals surface area contributed by atoms with Gasteiger partial charge in [-0.3, -0.25) is 4.68 Å². The van der Waals surface area contributed by atoms with E-state index < -0.39 is 0 Å². The van der Waals surface area contributed by atoms with Crippen molar-refractivity contribution in [1.29, 1.82) is 0 Å². The van der Waals surface area contributed by atoms with Crippen LogP contribution in [0, 0.1) is 0 Å². The molecule has 4 heteroatoms. The van der Waals surface area contributed by atoms with Gasteiger partial charge < -0.3 is 0 Å². The molecule has 0 aliphatic rings. The van der Waals surface area contributed by atoms with Gasteiger partial charge in [0.25, 0.3) is 0 Å². The van der Waals surface area contributed by atoms with Gasteiger partial charge in [-0.2, -0.15) is 5.10 Å². The molecule has 62 valence electrons. The summed E-state index contributed by atoms with van der Waals surface area (Å²) in [5.74, 6) is 0. The third kappa shape index (κ3) is 1.99. The maximum atomic E-state index is 4.36. The lowest BCUT2D eigenvalue weighted by Gasteiger charge is -2.02. The average molecular weight is 235 g/mol. The Labute approximate surface area is 79.5 Å². The second kappa shape index (κ2) is 3.63. The molecule has 1 heterocycles. The predicted octanol–water partition coefficient (Wildman–Crippen LogP) is 2.95. The second-order valence-electron chi connectivity index (χ2n) is 2.56. The number of thioether (sulfide) groups is 1. The standard InChI is InChI=1S/C7H11BrN2S/c1-5(2)10-4-6(8)7(9-10)11-3/h4-5H,1-3H3. The molecule has 1 rings (SSSR count). The third-order valence-corrected chi connectivity index (χ3v) is 2.91. The van der Waals surface area contributed by atoms with E-state index in [9.17, 15) is 0 Å². The highest BCUT2D eigenvalue weighted by Gasteiger charge is 2.06. The molecule has 0 amide bonds. The van der Waals surface area contributed by atoms with Gasteiger partial charge in [0.15, 0.2) is 0 Å². The topological polar surface area (TPSA) is 17.8 Å². The number of rotatable bonds is 2. The van der Waals surface area contributed by atoms with E-state index in [-0.39, 0.29) is 0 Å². The minimum absolute atomic E-state index is 0.437. The first kappa shape index (κ1) is 9.13. The average Bonchev–Trinajstić information content (AvgIpc) is 2.31. The highest BCUT2D eigenvalue weighted by atomic mass is 79.9. The van der Waals surface area contributed by atoms with Crippen molar-refractivity contribution < 1.29 is 0 Å². The van der Waals surface area contributed by atoms with Crippen molar-refractivity contribution in [2.75, 3.05) is 6.26 Å². The Morgan fingerprint density at radius 1 is 1.64 bits per heavy atom. The van der Waals surface area contributed by atoms with Gasteiger partial charge in [-0.15, -0.1) is 11.8 Å². The Balaban J connectivity index is 2.95. The monoisotopic (exact) mass is 234 g/mol. The van der Waals surface area contributed by atoms with Crippen molar-refractivity contribution in [1.82, 2.24) is 9.78 Å². The smallest absolute Gasteiger partial charge is 0.132 e. The van der Waals surface area contributed by atoms with Gasteiger partial charge in [-0.1, -0.05) is 0 Å². The zero-order valence-electron chi connectivity index (χ0n) is 6.84. The summed E-state index contributed by atoms with van der Waals surface area (Å²) in [7, 11) is 0. The molecule has 0 aliphatic heterocycles. The van der Waals surface area contributed by atoms with Crippen molar-refractivity contribution in [2.45, 2.75) is 24.9 Å². The lowest BCUT2D eigenvalue weighted by molar-refractivity contribution is 0.522. The molecule has 0 radical (unpaired) electrons. The van der Waals surface area contributed by atoms with Crippen LogP contribution in [0.2, 0.25) is 0 Å². The first-order valence-electron chi connectivity index (χ1n) is 3.43. The van der Waals surface area contributed by atoms with E-state index in [0.717, 1.165) is 9.50 Å².